The summed E-state index contributed by atoms with van der Waals surface area (Å²) in [7, 11) is 1.55. The maximum atomic E-state index is 12.3. The highest BCUT2D eigenvalue weighted by Gasteiger charge is 2.10. The minimum absolute atomic E-state index is 0.185. The van der Waals surface area contributed by atoms with Gasteiger partial charge in [-0.15, -0.1) is 0 Å². The molecule has 24 heavy (non-hydrogen) atoms. The average molecular weight is 321 g/mol. The molecule has 0 atom stereocenters. The Bertz CT molecular complexity index is 903. The fourth-order valence-electron chi connectivity index (χ4n) is 2.22. The number of carbonyl (C=O) groups is 1. The number of amides is 1. The number of aromatic amines is 1. The Morgan fingerprint density at radius 1 is 1.08 bits per heavy atom. The van der Waals surface area contributed by atoms with Gasteiger partial charge in [0, 0.05) is 29.7 Å². The van der Waals surface area contributed by atoms with Crippen LogP contribution in [0.15, 0.2) is 65.8 Å². The van der Waals surface area contributed by atoms with Gasteiger partial charge in [-0.25, -0.2) is 0 Å². The highest BCUT2D eigenvalue weighted by atomic mass is 16.5. The van der Waals surface area contributed by atoms with Gasteiger partial charge in [-0.1, -0.05) is 0 Å². The van der Waals surface area contributed by atoms with Gasteiger partial charge in [-0.3, -0.25) is 14.6 Å². The van der Waals surface area contributed by atoms with Crippen LogP contribution in [0.3, 0.4) is 0 Å². The predicted molar refractivity (Wildman–Crippen MR) is 91.2 cm³/mol. The molecule has 0 saturated carbocycles. The smallest absolute Gasteiger partial charge is 0.271 e. The van der Waals surface area contributed by atoms with E-state index in [0.29, 0.717) is 11.3 Å². The lowest BCUT2D eigenvalue weighted by Gasteiger charge is -2.07. The summed E-state index contributed by atoms with van der Waals surface area (Å²) in [6, 6.07) is 11.9. The quantitative estimate of drug-likeness (QED) is 0.774. The number of pyridine rings is 2. The highest BCUT2D eigenvalue weighted by Crippen LogP contribution is 2.19. The van der Waals surface area contributed by atoms with Gasteiger partial charge in [-0.05, 0) is 48.0 Å². The molecular formula is C18H15N3O3. The van der Waals surface area contributed by atoms with Crippen molar-refractivity contribution in [3.8, 4) is 16.9 Å². The molecule has 0 radical (unpaired) electrons. The molecule has 6 heteroatoms. The number of nitrogens with one attached hydrogen (secondary N) is 2. The summed E-state index contributed by atoms with van der Waals surface area (Å²) in [5, 5.41) is 2.64. The van der Waals surface area contributed by atoms with Gasteiger partial charge in [0.25, 0.3) is 11.5 Å². The normalized spacial score (nSPS) is 10.2. The van der Waals surface area contributed by atoms with E-state index >= 15 is 0 Å². The molecule has 3 aromatic rings. The molecule has 0 aliphatic carbocycles. The van der Waals surface area contributed by atoms with Crippen LogP contribution in [0.5, 0.6) is 5.75 Å². The summed E-state index contributed by atoms with van der Waals surface area (Å²) in [6.45, 7) is 0. The third-order valence-corrected chi connectivity index (χ3v) is 3.52. The number of benzene rings is 1. The Labute approximate surface area is 138 Å². The second-order valence-electron chi connectivity index (χ2n) is 5.05. The van der Waals surface area contributed by atoms with Crippen LogP contribution in [-0.2, 0) is 0 Å². The van der Waals surface area contributed by atoms with Crippen LogP contribution in [-0.4, -0.2) is 23.0 Å². The first kappa shape index (κ1) is 15.5. The fraction of sp³-hybridized carbons (Fsp3) is 0.0556. The molecule has 2 heterocycles. The minimum Gasteiger partial charge on any atom is -0.497 e. The van der Waals surface area contributed by atoms with Crippen molar-refractivity contribution in [2.24, 2.45) is 0 Å². The zero-order chi connectivity index (χ0) is 16.9. The number of aromatic nitrogens is 2. The SMILES string of the molecule is COc1ccc(C(=O)Nc2cc(-c3ccncc3)c[nH]c2=O)cc1. The molecule has 2 N–H and O–H groups in total. The molecule has 120 valence electrons. The molecule has 0 aliphatic rings. The molecule has 0 unspecified atom stereocenters. The number of anilines is 1. The largest absolute Gasteiger partial charge is 0.497 e. The van der Waals surface area contributed by atoms with Crippen LogP contribution in [0.1, 0.15) is 10.4 Å². The molecule has 2 aromatic heterocycles. The second kappa shape index (κ2) is 6.78. The van der Waals surface area contributed by atoms with E-state index in [4.69, 9.17) is 4.74 Å². The molecular weight excluding hydrogens is 306 g/mol. The number of carbonyl (C=O) groups excluding carboxylic acids is 1. The van der Waals surface area contributed by atoms with Crippen molar-refractivity contribution in [2.45, 2.75) is 0 Å². The van der Waals surface area contributed by atoms with Crippen molar-refractivity contribution in [1.29, 1.82) is 0 Å². The van der Waals surface area contributed by atoms with E-state index in [0.717, 1.165) is 11.1 Å². The van der Waals surface area contributed by atoms with Gasteiger partial charge in [0.05, 0.1) is 7.11 Å². The van der Waals surface area contributed by atoms with Crippen LogP contribution < -0.4 is 15.6 Å². The van der Waals surface area contributed by atoms with Crippen LogP contribution >= 0.6 is 0 Å². The van der Waals surface area contributed by atoms with Crippen LogP contribution in [0.4, 0.5) is 5.69 Å². The van der Waals surface area contributed by atoms with Gasteiger partial charge in [0.15, 0.2) is 0 Å². The fourth-order valence-corrected chi connectivity index (χ4v) is 2.22. The highest BCUT2D eigenvalue weighted by molar-refractivity contribution is 6.04. The number of rotatable bonds is 4. The van der Waals surface area contributed by atoms with Gasteiger partial charge in [0.2, 0.25) is 0 Å². The van der Waals surface area contributed by atoms with Gasteiger partial charge in [-0.2, -0.15) is 0 Å². The van der Waals surface area contributed by atoms with E-state index in [-0.39, 0.29) is 17.2 Å². The Hall–Kier alpha value is -3.41. The number of ether oxygens (including phenoxy) is 1. The van der Waals surface area contributed by atoms with Crippen molar-refractivity contribution in [3.05, 3.63) is 77.0 Å². The summed E-state index contributed by atoms with van der Waals surface area (Å²) in [5.74, 6) is 0.291. The van der Waals surface area contributed by atoms with Crippen LogP contribution in [0.2, 0.25) is 0 Å². The zero-order valence-electron chi connectivity index (χ0n) is 12.9. The van der Waals surface area contributed by atoms with E-state index < -0.39 is 0 Å². The predicted octanol–water partition coefficient (Wildman–Crippen LogP) is 2.70. The Kier molecular flexibility index (Phi) is 4.38. The zero-order valence-corrected chi connectivity index (χ0v) is 12.9. The lowest BCUT2D eigenvalue weighted by Crippen LogP contribution is -2.19. The summed E-state index contributed by atoms with van der Waals surface area (Å²) in [5.41, 5.74) is 1.92. The standard InChI is InChI=1S/C18H15N3O3/c1-24-15-4-2-13(3-5-15)17(22)21-16-10-14(11-20-18(16)23)12-6-8-19-9-7-12/h2-11H,1H3,(H,20,23)(H,21,22). The number of methoxy groups -OCH3 is 1. The van der Waals surface area contributed by atoms with E-state index in [9.17, 15) is 9.59 Å². The number of hydrogen-bond acceptors (Lipinski definition) is 4. The third-order valence-electron chi connectivity index (χ3n) is 3.52. The third kappa shape index (κ3) is 3.33. The van der Waals surface area contributed by atoms with E-state index in [1.165, 1.54) is 0 Å². The molecule has 1 aromatic carbocycles. The van der Waals surface area contributed by atoms with Crippen molar-refractivity contribution >= 4 is 11.6 Å². The second-order valence-corrected chi connectivity index (χ2v) is 5.05. The maximum absolute atomic E-state index is 12.3. The molecule has 0 saturated heterocycles. The Morgan fingerprint density at radius 3 is 2.46 bits per heavy atom. The van der Waals surface area contributed by atoms with Gasteiger partial charge in [0.1, 0.15) is 11.4 Å². The number of nitrogens with zero attached hydrogens (tertiary/aromatic N) is 1. The van der Waals surface area contributed by atoms with Gasteiger partial charge < -0.3 is 15.0 Å². The maximum Gasteiger partial charge on any atom is 0.271 e. The molecule has 0 fully saturated rings. The van der Waals surface area contributed by atoms with E-state index in [1.54, 1.807) is 56.0 Å². The number of H-pyrrole nitrogens is 1. The summed E-state index contributed by atoms with van der Waals surface area (Å²) in [4.78, 5) is 30.9. The topological polar surface area (TPSA) is 84.1 Å². The Morgan fingerprint density at radius 2 is 1.79 bits per heavy atom. The molecule has 6 nitrogen and oxygen atoms in total. The van der Waals surface area contributed by atoms with Crippen molar-refractivity contribution in [3.63, 3.8) is 0 Å². The average Bonchev–Trinajstić information content (AvgIpc) is 2.64. The van der Waals surface area contributed by atoms with E-state index in [2.05, 4.69) is 15.3 Å². The van der Waals surface area contributed by atoms with Crippen LogP contribution in [0, 0.1) is 0 Å². The first-order valence-corrected chi connectivity index (χ1v) is 7.26. The molecule has 0 aliphatic heterocycles. The minimum atomic E-state index is -0.366. The summed E-state index contributed by atoms with van der Waals surface area (Å²) >= 11 is 0. The first-order chi connectivity index (χ1) is 11.7. The Balaban J connectivity index is 1.86. The van der Waals surface area contributed by atoms with Crippen molar-refractivity contribution in [2.75, 3.05) is 12.4 Å². The lowest BCUT2D eigenvalue weighted by atomic mass is 10.1. The van der Waals surface area contributed by atoms with Gasteiger partial charge >= 0.3 is 0 Å². The van der Waals surface area contributed by atoms with Crippen molar-refractivity contribution < 1.29 is 9.53 Å². The number of hydrogen-bond donors (Lipinski definition) is 2. The van der Waals surface area contributed by atoms with Crippen LogP contribution in [0.25, 0.3) is 11.1 Å². The lowest BCUT2D eigenvalue weighted by molar-refractivity contribution is 0.102. The molecule has 0 spiro atoms. The first-order valence-electron chi connectivity index (χ1n) is 7.26. The molecule has 3 rings (SSSR count). The molecule has 0 bridgehead atoms. The summed E-state index contributed by atoms with van der Waals surface area (Å²) < 4.78 is 5.06. The molecule has 1 amide bonds. The summed E-state index contributed by atoms with van der Waals surface area (Å²) in [6.07, 6.45) is 4.92. The monoisotopic (exact) mass is 321 g/mol. The van der Waals surface area contributed by atoms with Crippen molar-refractivity contribution in [1.82, 2.24) is 9.97 Å². The van der Waals surface area contributed by atoms with E-state index in [1.807, 2.05) is 12.1 Å².